The average Bonchev–Trinajstić information content (AvgIpc) is 3.04. The molecule has 1 fully saturated rings. The largest absolute Gasteiger partial charge is 0.390 e. The SMILES string of the molecule is CC(=O)N[C@@H](Cc1cc(F)cc(F)c1)[C@H](O)CNC1(c2cc(Br)sc2Br)CCCCC1. The van der Waals surface area contributed by atoms with Crippen LogP contribution in [0.5, 0.6) is 0 Å². The second-order valence-electron chi connectivity index (χ2n) is 8.12. The summed E-state index contributed by atoms with van der Waals surface area (Å²) in [5.74, 6) is -1.67. The molecule has 0 bridgehead atoms. The summed E-state index contributed by atoms with van der Waals surface area (Å²) >= 11 is 8.85. The highest BCUT2D eigenvalue weighted by atomic mass is 79.9. The number of aliphatic hydroxyl groups excluding tert-OH is 1. The molecule has 1 aliphatic rings. The van der Waals surface area contributed by atoms with Gasteiger partial charge in [-0.3, -0.25) is 4.79 Å². The van der Waals surface area contributed by atoms with Crippen LogP contribution in [0.2, 0.25) is 0 Å². The summed E-state index contributed by atoms with van der Waals surface area (Å²) in [5, 5.41) is 17.2. The van der Waals surface area contributed by atoms with Crippen molar-refractivity contribution < 1.29 is 18.7 Å². The van der Waals surface area contributed by atoms with Gasteiger partial charge in [0, 0.05) is 25.1 Å². The van der Waals surface area contributed by atoms with Crippen molar-refractivity contribution in [2.75, 3.05) is 6.54 Å². The van der Waals surface area contributed by atoms with E-state index >= 15 is 0 Å². The van der Waals surface area contributed by atoms with Crippen molar-refractivity contribution in [2.45, 2.75) is 63.1 Å². The Hall–Kier alpha value is -0.870. The second-order valence-corrected chi connectivity index (χ2v) is 11.9. The lowest BCUT2D eigenvalue weighted by Crippen LogP contribution is -2.53. The summed E-state index contributed by atoms with van der Waals surface area (Å²) in [6.07, 6.45) is 4.42. The Bertz CT molecular complexity index is 899. The topological polar surface area (TPSA) is 61.4 Å². The summed E-state index contributed by atoms with van der Waals surface area (Å²) in [7, 11) is 0. The molecule has 0 unspecified atom stereocenters. The molecule has 3 rings (SSSR count). The first kappa shape index (κ1) is 24.8. The van der Waals surface area contributed by atoms with Crippen molar-refractivity contribution >= 4 is 49.1 Å². The van der Waals surface area contributed by atoms with Crippen LogP contribution in [0.1, 0.15) is 50.2 Å². The Kier molecular flexibility index (Phi) is 8.65. The highest BCUT2D eigenvalue weighted by Crippen LogP contribution is 2.45. The van der Waals surface area contributed by atoms with Crippen LogP contribution in [0.15, 0.2) is 31.8 Å². The molecule has 0 saturated heterocycles. The summed E-state index contributed by atoms with van der Waals surface area (Å²) in [4.78, 5) is 11.7. The molecule has 0 radical (unpaired) electrons. The van der Waals surface area contributed by atoms with Crippen LogP contribution in [-0.2, 0) is 16.8 Å². The van der Waals surface area contributed by atoms with Crippen molar-refractivity contribution in [3.8, 4) is 0 Å². The minimum absolute atomic E-state index is 0.123. The van der Waals surface area contributed by atoms with Crippen molar-refractivity contribution in [3.05, 3.63) is 54.6 Å². The average molecular weight is 580 g/mol. The monoisotopic (exact) mass is 578 g/mol. The molecule has 1 amide bonds. The number of hydrogen-bond donors (Lipinski definition) is 3. The summed E-state index contributed by atoms with van der Waals surface area (Å²) < 4.78 is 29.3. The minimum Gasteiger partial charge on any atom is -0.390 e. The van der Waals surface area contributed by atoms with E-state index in [2.05, 4.69) is 48.6 Å². The number of nitrogens with one attached hydrogen (secondary N) is 2. The van der Waals surface area contributed by atoms with Gasteiger partial charge in [0.05, 0.1) is 19.7 Å². The van der Waals surface area contributed by atoms with Crippen LogP contribution in [0.4, 0.5) is 8.78 Å². The van der Waals surface area contributed by atoms with Gasteiger partial charge in [0.25, 0.3) is 0 Å². The number of amides is 1. The first-order chi connectivity index (χ1) is 14.7. The Morgan fingerprint density at radius 2 is 1.81 bits per heavy atom. The third kappa shape index (κ3) is 6.57. The Morgan fingerprint density at radius 1 is 1.16 bits per heavy atom. The quantitative estimate of drug-likeness (QED) is 0.392. The second kappa shape index (κ2) is 10.8. The maximum Gasteiger partial charge on any atom is 0.217 e. The molecule has 2 atom stereocenters. The molecule has 4 nitrogen and oxygen atoms in total. The normalized spacial score (nSPS) is 17.9. The predicted molar refractivity (Wildman–Crippen MR) is 126 cm³/mol. The van der Waals surface area contributed by atoms with Crippen LogP contribution in [0.3, 0.4) is 0 Å². The van der Waals surface area contributed by atoms with Gasteiger partial charge in [-0.15, -0.1) is 11.3 Å². The number of carbonyl (C=O) groups excluding carboxylic acids is 1. The Balaban J connectivity index is 1.77. The summed E-state index contributed by atoms with van der Waals surface area (Å²) in [5.41, 5.74) is 1.28. The third-order valence-electron chi connectivity index (χ3n) is 5.76. The van der Waals surface area contributed by atoms with Crippen LogP contribution >= 0.6 is 43.2 Å². The smallest absolute Gasteiger partial charge is 0.217 e. The molecule has 0 aliphatic heterocycles. The predicted octanol–water partition coefficient (Wildman–Crippen LogP) is 5.41. The molecular weight excluding hydrogens is 554 g/mol. The Morgan fingerprint density at radius 3 is 2.35 bits per heavy atom. The highest BCUT2D eigenvalue weighted by molar-refractivity contribution is 9.12. The van der Waals surface area contributed by atoms with Gasteiger partial charge in [-0.25, -0.2) is 8.78 Å². The first-order valence-corrected chi connectivity index (χ1v) is 12.7. The van der Waals surface area contributed by atoms with Crippen LogP contribution < -0.4 is 10.6 Å². The summed E-state index contributed by atoms with van der Waals surface area (Å²) in [6.45, 7) is 1.60. The van der Waals surface area contributed by atoms with Crippen LogP contribution in [0.25, 0.3) is 0 Å². The number of halogens is 4. The lowest BCUT2D eigenvalue weighted by Gasteiger charge is -2.40. The van der Waals surface area contributed by atoms with E-state index in [1.54, 1.807) is 11.3 Å². The zero-order valence-electron chi connectivity index (χ0n) is 17.2. The molecule has 170 valence electrons. The van der Waals surface area contributed by atoms with Gasteiger partial charge in [-0.05, 0) is 80.4 Å². The molecule has 0 spiro atoms. The number of benzene rings is 1. The Labute approximate surface area is 202 Å². The molecule has 1 aromatic carbocycles. The number of carbonyl (C=O) groups is 1. The van der Waals surface area contributed by atoms with Gasteiger partial charge in [0.15, 0.2) is 0 Å². The zero-order chi connectivity index (χ0) is 22.6. The molecule has 1 saturated carbocycles. The molecule has 3 N–H and O–H groups in total. The van der Waals surface area contributed by atoms with E-state index in [0.29, 0.717) is 5.56 Å². The lowest BCUT2D eigenvalue weighted by atomic mass is 9.77. The van der Waals surface area contributed by atoms with Gasteiger partial charge < -0.3 is 15.7 Å². The van der Waals surface area contributed by atoms with Crippen molar-refractivity contribution in [1.82, 2.24) is 10.6 Å². The van der Waals surface area contributed by atoms with Crippen LogP contribution in [-0.4, -0.2) is 29.7 Å². The van der Waals surface area contributed by atoms with Crippen molar-refractivity contribution in [3.63, 3.8) is 0 Å². The first-order valence-electron chi connectivity index (χ1n) is 10.3. The van der Waals surface area contributed by atoms with E-state index in [1.807, 2.05) is 0 Å². The minimum atomic E-state index is -0.935. The van der Waals surface area contributed by atoms with E-state index in [9.17, 15) is 18.7 Å². The zero-order valence-corrected chi connectivity index (χ0v) is 21.2. The van der Waals surface area contributed by atoms with Gasteiger partial charge in [-0.1, -0.05) is 19.3 Å². The number of rotatable bonds is 8. The fourth-order valence-electron chi connectivity index (χ4n) is 4.33. The van der Waals surface area contributed by atoms with Gasteiger partial charge in [-0.2, -0.15) is 0 Å². The van der Waals surface area contributed by atoms with Crippen molar-refractivity contribution in [1.29, 1.82) is 0 Å². The molecular formula is C22H26Br2F2N2O2S. The maximum absolute atomic E-state index is 13.6. The van der Waals surface area contributed by atoms with Gasteiger partial charge in [0.1, 0.15) is 11.6 Å². The summed E-state index contributed by atoms with van der Waals surface area (Å²) in [6, 6.07) is 4.68. The van der Waals surface area contributed by atoms with E-state index in [0.717, 1.165) is 39.3 Å². The fraction of sp³-hybridized carbons (Fsp3) is 0.500. The van der Waals surface area contributed by atoms with E-state index < -0.39 is 23.8 Å². The number of thiophene rings is 1. The maximum atomic E-state index is 13.6. The van der Waals surface area contributed by atoms with E-state index in [1.165, 1.54) is 31.0 Å². The number of hydrogen-bond acceptors (Lipinski definition) is 4. The molecule has 2 aromatic rings. The molecule has 31 heavy (non-hydrogen) atoms. The standard InChI is InChI=1S/C22H26Br2F2N2O2S/c1-13(29)28-18(9-14-7-15(25)10-16(26)8-14)19(30)12-27-22(5-3-2-4-6-22)17-11-20(23)31-21(17)24/h7-8,10-11,18-19,27,30H,2-6,9,12H2,1H3,(H,28,29)/t18-,19+/m0/s1. The van der Waals surface area contributed by atoms with E-state index in [-0.39, 0.29) is 24.4 Å². The molecule has 1 aliphatic carbocycles. The highest BCUT2D eigenvalue weighted by Gasteiger charge is 2.37. The van der Waals surface area contributed by atoms with Gasteiger partial charge in [0.2, 0.25) is 5.91 Å². The van der Waals surface area contributed by atoms with Crippen LogP contribution in [0, 0.1) is 11.6 Å². The fourth-order valence-corrected chi connectivity index (χ4v) is 7.43. The molecule has 9 heteroatoms. The molecule has 1 aromatic heterocycles. The number of aliphatic hydroxyl groups is 1. The van der Waals surface area contributed by atoms with E-state index in [4.69, 9.17) is 0 Å². The van der Waals surface area contributed by atoms with Gasteiger partial charge >= 0.3 is 0 Å². The third-order valence-corrected chi connectivity index (χ3v) is 8.10. The lowest BCUT2D eigenvalue weighted by molar-refractivity contribution is -0.120. The molecule has 1 heterocycles. The van der Waals surface area contributed by atoms with Crippen molar-refractivity contribution in [2.24, 2.45) is 0 Å².